The fourth-order valence-electron chi connectivity index (χ4n) is 2.49. The molecular formula is C20H18ClFN4OS. The van der Waals surface area contributed by atoms with E-state index in [-0.39, 0.29) is 11.6 Å². The van der Waals surface area contributed by atoms with Crippen LogP contribution in [0.1, 0.15) is 6.92 Å². The first-order valence-corrected chi connectivity index (χ1v) is 9.77. The van der Waals surface area contributed by atoms with Gasteiger partial charge in [-0.15, -0.1) is 16.8 Å². The predicted octanol–water partition coefficient (Wildman–Crippen LogP) is 5.04. The smallest absolute Gasteiger partial charge is 0.237 e. The third kappa shape index (κ3) is 4.61. The van der Waals surface area contributed by atoms with Crippen molar-refractivity contribution in [1.29, 1.82) is 0 Å². The van der Waals surface area contributed by atoms with Gasteiger partial charge in [0.15, 0.2) is 11.0 Å². The number of hydrogen-bond donors (Lipinski definition) is 1. The number of thioether (sulfide) groups is 1. The maximum absolute atomic E-state index is 13.8. The lowest BCUT2D eigenvalue weighted by atomic mass is 10.2. The van der Waals surface area contributed by atoms with Gasteiger partial charge in [0.05, 0.1) is 10.9 Å². The summed E-state index contributed by atoms with van der Waals surface area (Å²) < 4.78 is 15.6. The second kappa shape index (κ2) is 9.03. The Hall–Kier alpha value is -2.64. The van der Waals surface area contributed by atoms with Crippen LogP contribution >= 0.6 is 23.4 Å². The molecule has 3 aromatic rings. The Morgan fingerprint density at radius 1 is 1.29 bits per heavy atom. The molecule has 0 aliphatic heterocycles. The van der Waals surface area contributed by atoms with Gasteiger partial charge in [0, 0.05) is 17.1 Å². The Labute approximate surface area is 171 Å². The van der Waals surface area contributed by atoms with Crippen LogP contribution in [0.4, 0.5) is 10.1 Å². The van der Waals surface area contributed by atoms with Crippen molar-refractivity contribution in [3.8, 4) is 11.4 Å². The molecule has 1 N–H and O–H groups in total. The second-order valence-electron chi connectivity index (χ2n) is 5.94. The first kappa shape index (κ1) is 20.1. The molecule has 1 atom stereocenters. The minimum atomic E-state index is -0.509. The number of nitrogens with zero attached hydrogens (tertiary/aromatic N) is 3. The van der Waals surface area contributed by atoms with E-state index in [4.69, 9.17) is 11.6 Å². The third-order valence-electron chi connectivity index (χ3n) is 3.91. The van der Waals surface area contributed by atoms with Gasteiger partial charge < -0.3 is 5.32 Å². The lowest BCUT2D eigenvalue weighted by Crippen LogP contribution is -2.23. The predicted molar refractivity (Wildman–Crippen MR) is 111 cm³/mol. The number of allylic oxidation sites excluding steroid dienone is 1. The van der Waals surface area contributed by atoms with Crippen LogP contribution < -0.4 is 5.32 Å². The zero-order valence-corrected chi connectivity index (χ0v) is 16.7. The number of carbonyl (C=O) groups is 1. The zero-order valence-electron chi connectivity index (χ0n) is 15.1. The van der Waals surface area contributed by atoms with Crippen LogP contribution in [-0.4, -0.2) is 25.9 Å². The highest BCUT2D eigenvalue weighted by Crippen LogP contribution is 2.28. The average molecular weight is 417 g/mol. The molecular weight excluding hydrogens is 399 g/mol. The summed E-state index contributed by atoms with van der Waals surface area (Å²) in [6.45, 7) is 5.99. The molecule has 0 fully saturated rings. The average Bonchev–Trinajstić information content (AvgIpc) is 3.07. The van der Waals surface area contributed by atoms with Gasteiger partial charge in [-0.1, -0.05) is 41.6 Å². The van der Waals surface area contributed by atoms with Crippen LogP contribution in [0.3, 0.4) is 0 Å². The van der Waals surface area contributed by atoms with Crippen molar-refractivity contribution in [3.05, 3.63) is 72.0 Å². The maximum Gasteiger partial charge on any atom is 0.237 e. The number of rotatable bonds is 7. The SMILES string of the molecule is C=CCn1c(SC(C)C(=O)Nc2ccccc2F)nnc1-c1ccc(Cl)cc1. The van der Waals surface area contributed by atoms with E-state index in [0.717, 1.165) is 5.56 Å². The highest BCUT2D eigenvalue weighted by molar-refractivity contribution is 8.00. The van der Waals surface area contributed by atoms with Gasteiger partial charge in [0.25, 0.3) is 0 Å². The van der Waals surface area contributed by atoms with Gasteiger partial charge >= 0.3 is 0 Å². The van der Waals surface area contributed by atoms with Crippen molar-refractivity contribution < 1.29 is 9.18 Å². The fraction of sp³-hybridized carbons (Fsp3) is 0.150. The van der Waals surface area contributed by atoms with E-state index in [1.165, 1.54) is 23.9 Å². The van der Waals surface area contributed by atoms with E-state index in [9.17, 15) is 9.18 Å². The van der Waals surface area contributed by atoms with Crippen molar-refractivity contribution in [2.45, 2.75) is 23.9 Å². The van der Waals surface area contributed by atoms with Crippen LogP contribution in [-0.2, 0) is 11.3 Å². The lowest BCUT2D eigenvalue weighted by Gasteiger charge is -2.13. The van der Waals surface area contributed by atoms with E-state index in [1.807, 2.05) is 16.7 Å². The number of anilines is 1. The zero-order chi connectivity index (χ0) is 20.1. The van der Waals surface area contributed by atoms with Crippen LogP contribution in [0.25, 0.3) is 11.4 Å². The molecule has 2 aromatic carbocycles. The monoisotopic (exact) mass is 416 g/mol. The van der Waals surface area contributed by atoms with Crippen molar-refractivity contribution in [1.82, 2.24) is 14.8 Å². The molecule has 3 rings (SSSR count). The Morgan fingerprint density at radius 2 is 2.00 bits per heavy atom. The van der Waals surface area contributed by atoms with Crippen LogP contribution in [0, 0.1) is 5.82 Å². The van der Waals surface area contributed by atoms with Gasteiger partial charge in [-0.3, -0.25) is 9.36 Å². The summed E-state index contributed by atoms with van der Waals surface area (Å²) in [5.74, 6) is -0.148. The molecule has 0 saturated heterocycles. The molecule has 8 heteroatoms. The minimum Gasteiger partial charge on any atom is -0.323 e. The molecule has 28 heavy (non-hydrogen) atoms. The number of halogens is 2. The van der Waals surface area contributed by atoms with E-state index in [2.05, 4.69) is 22.1 Å². The Kier molecular flexibility index (Phi) is 6.49. The molecule has 1 unspecified atom stereocenters. The first-order valence-electron chi connectivity index (χ1n) is 8.51. The van der Waals surface area contributed by atoms with Crippen LogP contribution in [0.5, 0.6) is 0 Å². The third-order valence-corrected chi connectivity index (χ3v) is 5.25. The number of carbonyl (C=O) groups excluding carboxylic acids is 1. The normalized spacial score (nSPS) is 11.8. The van der Waals surface area contributed by atoms with Gasteiger partial charge in [0.2, 0.25) is 5.91 Å². The molecule has 1 heterocycles. The Bertz CT molecular complexity index is 990. The summed E-state index contributed by atoms with van der Waals surface area (Å²) in [4.78, 5) is 12.5. The van der Waals surface area contributed by atoms with Crippen molar-refractivity contribution in [3.63, 3.8) is 0 Å². The van der Waals surface area contributed by atoms with Gasteiger partial charge in [-0.25, -0.2) is 4.39 Å². The first-order chi connectivity index (χ1) is 13.5. The fourth-order valence-corrected chi connectivity index (χ4v) is 3.48. The molecule has 1 aromatic heterocycles. The van der Waals surface area contributed by atoms with Gasteiger partial charge in [-0.2, -0.15) is 0 Å². The van der Waals surface area contributed by atoms with E-state index in [1.54, 1.807) is 37.3 Å². The largest absolute Gasteiger partial charge is 0.323 e. The topological polar surface area (TPSA) is 59.8 Å². The lowest BCUT2D eigenvalue weighted by molar-refractivity contribution is -0.115. The highest BCUT2D eigenvalue weighted by Gasteiger charge is 2.21. The molecule has 0 aliphatic carbocycles. The van der Waals surface area contributed by atoms with Crippen LogP contribution in [0.2, 0.25) is 5.02 Å². The molecule has 0 bridgehead atoms. The number of amides is 1. The van der Waals surface area contributed by atoms with Gasteiger partial charge in [0.1, 0.15) is 5.82 Å². The molecule has 5 nitrogen and oxygen atoms in total. The molecule has 144 valence electrons. The maximum atomic E-state index is 13.8. The van der Waals surface area contributed by atoms with Crippen LogP contribution in [0.15, 0.2) is 66.3 Å². The number of para-hydroxylation sites is 1. The van der Waals surface area contributed by atoms with Gasteiger partial charge in [-0.05, 0) is 43.3 Å². The molecule has 0 saturated carbocycles. The Balaban J connectivity index is 1.79. The number of aromatic nitrogens is 3. The highest BCUT2D eigenvalue weighted by atomic mass is 35.5. The van der Waals surface area contributed by atoms with E-state index >= 15 is 0 Å². The summed E-state index contributed by atoms with van der Waals surface area (Å²) in [7, 11) is 0. The second-order valence-corrected chi connectivity index (χ2v) is 7.69. The quantitative estimate of drug-likeness (QED) is 0.433. The van der Waals surface area contributed by atoms with Crippen molar-refractivity contribution in [2.24, 2.45) is 0 Å². The van der Waals surface area contributed by atoms with E-state index < -0.39 is 11.1 Å². The molecule has 0 radical (unpaired) electrons. The van der Waals surface area contributed by atoms with Crippen molar-refractivity contribution >= 4 is 35.0 Å². The summed E-state index contributed by atoms with van der Waals surface area (Å²) in [6.07, 6.45) is 1.73. The number of benzene rings is 2. The summed E-state index contributed by atoms with van der Waals surface area (Å²) in [6, 6.07) is 13.3. The van der Waals surface area contributed by atoms with Crippen molar-refractivity contribution in [2.75, 3.05) is 5.32 Å². The number of nitrogens with one attached hydrogen (secondary N) is 1. The Morgan fingerprint density at radius 3 is 2.68 bits per heavy atom. The molecule has 0 spiro atoms. The molecule has 0 aliphatic rings. The standard InChI is InChI=1S/C20H18ClFN4OS/c1-3-12-26-18(14-8-10-15(21)11-9-14)24-25-20(26)28-13(2)19(27)23-17-7-5-4-6-16(17)22/h3-11,13H,1,12H2,2H3,(H,23,27). The molecule has 1 amide bonds. The summed E-state index contributed by atoms with van der Waals surface area (Å²) >= 11 is 7.20. The van der Waals surface area contributed by atoms with E-state index in [0.29, 0.717) is 22.5 Å². The summed E-state index contributed by atoms with van der Waals surface area (Å²) in [5.41, 5.74) is 1.00. The summed E-state index contributed by atoms with van der Waals surface area (Å²) in [5, 5.41) is 11.8. The minimum absolute atomic E-state index is 0.148. The number of hydrogen-bond acceptors (Lipinski definition) is 4.